The fourth-order valence-electron chi connectivity index (χ4n) is 2.43. The molecule has 0 fully saturated rings. The molecule has 2 aromatic rings. The molecule has 0 bridgehead atoms. The lowest BCUT2D eigenvalue weighted by molar-refractivity contribution is -0.144. The molecule has 0 spiro atoms. The number of nitrogens with one attached hydrogen (secondary N) is 1. The van der Waals surface area contributed by atoms with Crippen LogP contribution in [0.25, 0.3) is 6.08 Å². The first-order chi connectivity index (χ1) is 13.4. The highest BCUT2D eigenvalue weighted by Gasteiger charge is 2.11. The number of amides is 1. The van der Waals surface area contributed by atoms with Gasteiger partial charge < -0.3 is 19.5 Å². The van der Waals surface area contributed by atoms with Gasteiger partial charge in [-0.1, -0.05) is 23.7 Å². The van der Waals surface area contributed by atoms with Crippen LogP contribution in [0.2, 0.25) is 5.02 Å². The third-order valence-corrected chi connectivity index (χ3v) is 4.18. The number of hydrogen-bond acceptors (Lipinski definition) is 5. The summed E-state index contributed by atoms with van der Waals surface area (Å²) < 4.78 is 15.4. The highest BCUT2D eigenvalue weighted by atomic mass is 35.5. The van der Waals surface area contributed by atoms with Crippen molar-refractivity contribution >= 4 is 29.6 Å². The fourth-order valence-corrected chi connectivity index (χ4v) is 2.56. The SMILES string of the molecule is COc1ccc(OC)c(/C=C/C(=O)OCC(=O)N[C@@H](C)c2ccc(Cl)cc2)c1. The molecular formula is C21H22ClNO5. The zero-order chi connectivity index (χ0) is 20.5. The summed E-state index contributed by atoms with van der Waals surface area (Å²) in [6.07, 6.45) is 2.77. The van der Waals surface area contributed by atoms with Crippen molar-refractivity contribution in [1.29, 1.82) is 0 Å². The third-order valence-electron chi connectivity index (χ3n) is 3.93. The van der Waals surface area contributed by atoms with Crippen molar-refractivity contribution in [2.75, 3.05) is 20.8 Å². The van der Waals surface area contributed by atoms with E-state index in [-0.39, 0.29) is 12.6 Å². The Morgan fingerprint density at radius 3 is 2.46 bits per heavy atom. The van der Waals surface area contributed by atoms with Crippen molar-refractivity contribution < 1.29 is 23.8 Å². The van der Waals surface area contributed by atoms with Crippen LogP contribution in [0.5, 0.6) is 11.5 Å². The molecule has 0 aromatic heterocycles. The van der Waals surface area contributed by atoms with Gasteiger partial charge in [-0.15, -0.1) is 0 Å². The minimum Gasteiger partial charge on any atom is -0.497 e. The second-order valence-corrected chi connectivity index (χ2v) is 6.33. The van der Waals surface area contributed by atoms with Crippen LogP contribution in [-0.4, -0.2) is 32.7 Å². The number of benzene rings is 2. The Kier molecular flexibility index (Phi) is 7.89. The van der Waals surface area contributed by atoms with E-state index in [0.717, 1.165) is 5.56 Å². The van der Waals surface area contributed by atoms with E-state index in [9.17, 15) is 9.59 Å². The van der Waals surface area contributed by atoms with Crippen LogP contribution in [0.15, 0.2) is 48.5 Å². The van der Waals surface area contributed by atoms with E-state index in [2.05, 4.69) is 5.32 Å². The van der Waals surface area contributed by atoms with E-state index in [1.165, 1.54) is 19.3 Å². The zero-order valence-electron chi connectivity index (χ0n) is 15.9. The Balaban J connectivity index is 1.87. The second kappa shape index (κ2) is 10.4. The molecule has 1 amide bonds. The minimum absolute atomic E-state index is 0.236. The molecule has 2 aromatic carbocycles. The number of methoxy groups -OCH3 is 2. The number of ether oxygens (including phenoxy) is 3. The first-order valence-corrected chi connectivity index (χ1v) is 8.92. The number of rotatable bonds is 8. The summed E-state index contributed by atoms with van der Waals surface area (Å²) in [5.74, 6) is 0.172. The molecule has 0 saturated carbocycles. The highest BCUT2D eigenvalue weighted by Crippen LogP contribution is 2.25. The average molecular weight is 404 g/mol. The van der Waals surface area contributed by atoms with Crippen molar-refractivity contribution in [3.05, 3.63) is 64.7 Å². The largest absolute Gasteiger partial charge is 0.497 e. The summed E-state index contributed by atoms with van der Waals surface area (Å²) in [6.45, 7) is 1.45. The number of carbonyl (C=O) groups excluding carboxylic acids is 2. The molecule has 0 aliphatic rings. The van der Waals surface area contributed by atoms with Crippen LogP contribution in [0, 0.1) is 0 Å². The van der Waals surface area contributed by atoms with Crippen LogP contribution >= 0.6 is 11.6 Å². The monoisotopic (exact) mass is 403 g/mol. The van der Waals surface area contributed by atoms with Crippen LogP contribution in [0.4, 0.5) is 0 Å². The number of hydrogen-bond donors (Lipinski definition) is 1. The summed E-state index contributed by atoms with van der Waals surface area (Å²) in [5.41, 5.74) is 1.55. The van der Waals surface area contributed by atoms with Gasteiger partial charge in [0.25, 0.3) is 5.91 Å². The fraction of sp³-hybridized carbons (Fsp3) is 0.238. The summed E-state index contributed by atoms with van der Waals surface area (Å²) in [5, 5.41) is 3.38. The first-order valence-electron chi connectivity index (χ1n) is 8.54. The van der Waals surface area contributed by atoms with Gasteiger partial charge in [-0.05, 0) is 48.9 Å². The standard InChI is InChI=1S/C21H22ClNO5/c1-14(15-4-7-17(22)8-5-15)23-20(24)13-28-21(25)11-6-16-12-18(26-2)9-10-19(16)27-3/h4-12,14H,13H2,1-3H3,(H,23,24)/b11-6+/t14-/m0/s1. The van der Waals surface area contributed by atoms with E-state index in [4.69, 9.17) is 25.8 Å². The number of halogens is 1. The molecule has 7 heteroatoms. The van der Waals surface area contributed by atoms with Gasteiger partial charge in [0.2, 0.25) is 0 Å². The highest BCUT2D eigenvalue weighted by molar-refractivity contribution is 6.30. The summed E-state index contributed by atoms with van der Waals surface area (Å²) in [6, 6.07) is 12.1. The van der Waals surface area contributed by atoms with Gasteiger partial charge >= 0.3 is 5.97 Å². The molecule has 148 valence electrons. The Morgan fingerprint density at radius 1 is 1.11 bits per heavy atom. The van der Waals surface area contributed by atoms with E-state index in [1.54, 1.807) is 37.4 Å². The van der Waals surface area contributed by atoms with Crippen molar-refractivity contribution in [3.8, 4) is 11.5 Å². The molecule has 0 saturated heterocycles. The molecule has 1 N–H and O–H groups in total. The van der Waals surface area contributed by atoms with Crippen molar-refractivity contribution in [2.45, 2.75) is 13.0 Å². The topological polar surface area (TPSA) is 73.9 Å². The van der Waals surface area contributed by atoms with Gasteiger partial charge in [-0.3, -0.25) is 4.79 Å². The zero-order valence-corrected chi connectivity index (χ0v) is 16.7. The van der Waals surface area contributed by atoms with E-state index < -0.39 is 11.9 Å². The summed E-state index contributed by atoms with van der Waals surface area (Å²) in [4.78, 5) is 23.9. The van der Waals surface area contributed by atoms with Crippen molar-refractivity contribution in [3.63, 3.8) is 0 Å². The molecular weight excluding hydrogens is 382 g/mol. The average Bonchev–Trinajstić information content (AvgIpc) is 2.70. The molecule has 0 aliphatic carbocycles. The van der Waals surface area contributed by atoms with Gasteiger partial charge in [0.15, 0.2) is 6.61 Å². The Bertz CT molecular complexity index is 848. The van der Waals surface area contributed by atoms with Gasteiger partial charge in [0.1, 0.15) is 11.5 Å². The Hall–Kier alpha value is -2.99. The molecule has 6 nitrogen and oxygen atoms in total. The van der Waals surface area contributed by atoms with E-state index in [1.807, 2.05) is 19.1 Å². The Morgan fingerprint density at radius 2 is 1.82 bits per heavy atom. The van der Waals surface area contributed by atoms with E-state index >= 15 is 0 Å². The lowest BCUT2D eigenvalue weighted by Gasteiger charge is -2.14. The lowest BCUT2D eigenvalue weighted by atomic mass is 10.1. The summed E-state index contributed by atoms with van der Waals surface area (Å²) >= 11 is 5.85. The number of esters is 1. The van der Waals surface area contributed by atoms with Crippen molar-refractivity contribution in [1.82, 2.24) is 5.32 Å². The smallest absolute Gasteiger partial charge is 0.331 e. The molecule has 0 radical (unpaired) electrons. The second-order valence-electron chi connectivity index (χ2n) is 5.89. The molecule has 2 rings (SSSR count). The molecule has 0 heterocycles. The molecule has 28 heavy (non-hydrogen) atoms. The Labute approximate surface area is 169 Å². The van der Waals surface area contributed by atoms with Crippen LogP contribution in [-0.2, 0) is 14.3 Å². The molecule has 0 unspecified atom stereocenters. The number of carbonyl (C=O) groups is 2. The minimum atomic E-state index is -0.640. The first kappa shape index (κ1) is 21.3. The van der Waals surface area contributed by atoms with Crippen LogP contribution in [0.1, 0.15) is 24.1 Å². The molecule has 0 aliphatic heterocycles. The van der Waals surface area contributed by atoms with Crippen LogP contribution in [0.3, 0.4) is 0 Å². The maximum atomic E-state index is 12.0. The maximum Gasteiger partial charge on any atom is 0.331 e. The normalized spacial score (nSPS) is 11.7. The third kappa shape index (κ3) is 6.32. The van der Waals surface area contributed by atoms with Crippen LogP contribution < -0.4 is 14.8 Å². The predicted molar refractivity (Wildman–Crippen MR) is 108 cm³/mol. The quantitative estimate of drug-likeness (QED) is 0.536. The van der Waals surface area contributed by atoms with Gasteiger partial charge in [-0.25, -0.2) is 4.79 Å². The van der Waals surface area contributed by atoms with E-state index in [0.29, 0.717) is 22.1 Å². The maximum absolute atomic E-state index is 12.0. The van der Waals surface area contributed by atoms with Gasteiger partial charge in [-0.2, -0.15) is 0 Å². The summed E-state index contributed by atoms with van der Waals surface area (Å²) in [7, 11) is 3.08. The predicted octanol–water partition coefficient (Wildman–Crippen LogP) is 3.79. The van der Waals surface area contributed by atoms with Crippen molar-refractivity contribution in [2.24, 2.45) is 0 Å². The molecule has 1 atom stereocenters. The lowest BCUT2D eigenvalue weighted by Crippen LogP contribution is -2.30. The van der Waals surface area contributed by atoms with Gasteiger partial charge in [0.05, 0.1) is 20.3 Å². The van der Waals surface area contributed by atoms with Gasteiger partial charge in [0, 0.05) is 16.7 Å².